The molecule has 2 rings (SSSR count). The SMILES string of the molecule is CCN(c1ccccc1C(=O)OC)S(=O)(=O)c1ccc(OC)c(Br)c1. The molecule has 0 aliphatic heterocycles. The molecule has 8 heteroatoms. The smallest absolute Gasteiger partial charge is 0.340 e. The first-order valence-electron chi connectivity index (χ1n) is 7.40. The van der Waals surface area contributed by atoms with E-state index in [1.54, 1.807) is 31.2 Å². The highest BCUT2D eigenvalue weighted by Gasteiger charge is 2.27. The van der Waals surface area contributed by atoms with E-state index < -0.39 is 16.0 Å². The fourth-order valence-corrected chi connectivity index (χ4v) is 4.59. The average molecular weight is 428 g/mol. The van der Waals surface area contributed by atoms with Gasteiger partial charge in [0, 0.05) is 6.54 Å². The monoisotopic (exact) mass is 427 g/mol. The van der Waals surface area contributed by atoms with Gasteiger partial charge in [0.25, 0.3) is 10.0 Å². The lowest BCUT2D eigenvalue weighted by molar-refractivity contribution is 0.0601. The van der Waals surface area contributed by atoms with Crippen LogP contribution in [0, 0.1) is 0 Å². The standard InChI is InChI=1S/C17H18BrNO5S/c1-4-19(15-8-6-5-7-13(15)17(20)24-3)25(21,22)12-9-10-16(23-2)14(18)11-12/h5-11H,4H2,1-3H3. The summed E-state index contributed by atoms with van der Waals surface area (Å²) in [5.74, 6) is -0.0721. The Bertz CT molecular complexity index is 882. The van der Waals surface area contributed by atoms with Crippen molar-refractivity contribution in [2.45, 2.75) is 11.8 Å². The van der Waals surface area contributed by atoms with Crippen molar-refractivity contribution in [3.8, 4) is 5.75 Å². The van der Waals surface area contributed by atoms with Crippen LogP contribution in [0.5, 0.6) is 5.75 Å². The van der Waals surface area contributed by atoms with E-state index in [1.807, 2.05) is 0 Å². The molecule has 0 bridgehead atoms. The molecule has 0 atom stereocenters. The maximum absolute atomic E-state index is 13.1. The molecule has 0 amide bonds. The minimum atomic E-state index is -3.88. The van der Waals surface area contributed by atoms with Crippen molar-refractivity contribution in [1.29, 1.82) is 0 Å². The van der Waals surface area contributed by atoms with E-state index in [2.05, 4.69) is 15.9 Å². The maximum Gasteiger partial charge on any atom is 0.340 e. The van der Waals surface area contributed by atoms with Crippen LogP contribution in [0.1, 0.15) is 17.3 Å². The number of sulfonamides is 1. The van der Waals surface area contributed by atoms with Crippen LogP contribution in [0.3, 0.4) is 0 Å². The molecule has 0 saturated heterocycles. The van der Waals surface area contributed by atoms with Gasteiger partial charge in [-0.25, -0.2) is 13.2 Å². The molecule has 0 fully saturated rings. The molecular weight excluding hydrogens is 410 g/mol. The molecule has 2 aromatic carbocycles. The third kappa shape index (κ3) is 3.80. The number of hydrogen-bond donors (Lipinski definition) is 0. The minimum absolute atomic E-state index is 0.0849. The van der Waals surface area contributed by atoms with Gasteiger partial charge in [0.15, 0.2) is 0 Å². The van der Waals surface area contributed by atoms with E-state index >= 15 is 0 Å². The van der Waals surface area contributed by atoms with E-state index in [9.17, 15) is 13.2 Å². The molecule has 0 aliphatic rings. The second kappa shape index (κ2) is 7.88. The van der Waals surface area contributed by atoms with Crippen LogP contribution in [0.25, 0.3) is 0 Å². The molecule has 0 radical (unpaired) electrons. The number of ether oxygens (including phenoxy) is 2. The normalized spacial score (nSPS) is 11.0. The van der Waals surface area contributed by atoms with Gasteiger partial charge in [-0.05, 0) is 53.2 Å². The average Bonchev–Trinajstić information content (AvgIpc) is 2.61. The molecule has 0 aliphatic carbocycles. The van der Waals surface area contributed by atoms with Crippen LogP contribution in [-0.2, 0) is 14.8 Å². The molecule has 0 unspecified atom stereocenters. The summed E-state index contributed by atoms with van der Waals surface area (Å²) in [7, 11) is -1.12. The largest absolute Gasteiger partial charge is 0.496 e. The van der Waals surface area contributed by atoms with Crippen molar-refractivity contribution in [2.75, 3.05) is 25.1 Å². The summed E-state index contributed by atoms with van der Waals surface area (Å²) < 4.78 is 37.8. The lowest BCUT2D eigenvalue weighted by Gasteiger charge is -2.25. The fraction of sp³-hybridized carbons (Fsp3) is 0.235. The Morgan fingerprint density at radius 3 is 2.40 bits per heavy atom. The van der Waals surface area contributed by atoms with Crippen molar-refractivity contribution < 1.29 is 22.7 Å². The first-order chi connectivity index (χ1) is 11.9. The third-order valence-corrected chi connectivity index (χ3v) is 6.08. The number of nitrogens with zero attached hydrogens (tertiary/aromatic N) is 1. The number of benzene rings is 2. The molecule has 0 aromatic heterocycles. The third-order valence-electron chi connectivity index (χ3n) is 3.58. The highest BCUT2D eigenvalue weighted by Crippen LogP contribution is 2.32. The number of para-hydroxylation sites is 1. The van der Waals surface area contributed by atoms with E-state index in [1.165, 1.54) is 36.7 Å². The van der Waals surface area contributed by atoms with Crippen molar-refractivity contribution in [1.82, 2.24) is 0 Å². The van der Waals surface area contributed by atoms with Gasteiger partial charge >= 0.3 is 5.97 Å². The maximum atomic E-state index is 13.1. The van der Waals surface area contributed by atoms with Gasteiger partial charge < -0.3 is 9.47 Å². The second-order valence-electron chi connectivity index (χ2n) is 4.97. The summed E-state index contributed by atoms with van der Waals surface area (Å²) >= 11 is 3.29. The Morgan fingerprint density at radius 1 is 1.16 bits per heavy atom. The number of carbonyl (C=O) groups excluding carboxylic acids is 1. The summed E-state index contributed by atoms with van der Waals surface area (Å²) in [6, 6.07) is 10.9. The Morgan fingerprint density at radius 2 is 1.84 bits per heavy atom. The van der Waals surface area contributed by atoms with Crippen LogP contribution in [0.2, 0.25) is 0 Å². The second-order valence-corrected chi connectivity index (χ2v) is 7.69. The summed E-state index contributed by atoms with van der Waals surface area (Å²) in [5.41, 5.74) is 0.451. The van der Waals surface area contributed by atoms with Crippen LogP contribution < -0.4 is 9.04 Å². The molecule has 25 heavy (non-hydrogen) atoms. The topological polar surface area (TPSA) is 72.9 Å². The quantitative estimate of drug-likeness (QED) is 0.659. The molecule has 134 valence electrons. The van der Waals surface area contributed by atoms with Crippen molar-refractivity contribution in [3.63, 3.8) is 0 Å². The summed E-state index contributed by atoms with van der Waals surface area (Å²) in [6.07, 6.45) is 0. The van der Waals surface area contributed by atoms with Gasteiger partial charge in [-0.15, -0.1) is 0 Å². The first kappa shape index (κ1) is 19.3. The van der Waals surface area contributed by atoms with Crippen molar-refractivity contribution in [3.05, 3.63) is 52.5 Å². The van der Waals surface area contributed by atoms with Gasteiger partial charge in [0.2, 0.25) is 0 Å². The number of methoxy groups -OCH3 is 2. The zero-order chi connectivity index (χ0) is 18.6. The van der Waals surface area contributed by atoms with Crippen LogP contribution in [0.15, 0.2) is 51.8 Å². The zero-order valence-corrected chi connectivity index (χ0v) is 16.4. The Kier molecular flexibility index (Phi) is 6.07. The Labute approximate surface area is 155 Å². The summed E-state index contributed by atoms with van der Waals surface area (Å²) in [5, 5.41) is 0. The Balaban J connectivity index is 2.57. The van der Waals surface area contributed by atoms with Crippen molar-refractivity contribution in [2.24, 2.45) is 0 Å². The lowest BCUT2D eigenvalue weighted by Crippen LogP contribution is -2.32. The molecule has 0 heterocycles. The molecule has 0 N–H and O–H groups in total. The number of anilines is 1. The minimum Gasteiger partial charge on any atom is -0.496 e. The van der Waals surface area contributed by atoms with E-state index in [0.717, 1.165) is 0 Å². The summed E-state index contributed by atoms with van der Waals surface area (Å²) in [4.78, 5) is 12.1. The number of carbonyl (C=O) groups is 1. The first-order valence-corrected chi connectivity index (χ1v) is 9.63. The molecule has 2 aromatic rings. The van der Waals surface area contributed by atoms with Crippen LogP contribution in [0.4, 0.5) is 5.69 Å². The predicted molar refractivity (Wildman–Crippen MR) is 98.7 cm³/mol. The van der Waals surface area contributed by atoms with E-state index in [-0.39, 0.29) is 22.7 Å². The van der Waals surface area contributed by atoms with Gasteiger partial charge in [0.1, 0.15) is 5.75 Å². The van der Waals surface area contributed by atoms with E-state index in [4.69, 9.17) is 9.47 Å². The van der Waals surface area contributed by atoms with Gasteiger partial charge in [-0.3, -0.25) is 4.31 Å². The molecule has 0 spiro atoms. The van der Waals surface area contributed by atoms with Crippen molar-refractivity contribution >= 4 is 37.6 Å². The van der Waals surface area contributed by atoms with Gasteiger partial charge in [-0.1, -0.05) is 12.1 Å². The zero-order valence-electron chi connectivity index (χ0n) is 14.0. The number of rotatable bonds is 6. The highest BCUT2D eigenvalue weighted by molar-refractivity contribution is 9.10. The van der Waals surface area contributed by atoms with E-state index in [0.29, 0.717) is 10.2 Å². The number of halogens is 1. The predicted octanol–water partition coefficient (Wildman–Crippen LogP) is 3.46. The van der Waals surface area contributed by atoms with Crippen LogP contribution in [-0.4, -0.2) is 35.2 Å². The lowest BCUT2D eigenvalue weighted by atomic mass is 10.2. The van der Waals surface area contributed by atoms with Gasteiger partial charge in [0.05, 0.1) is 34.8 Å². The van der Waals surface area contributed by atoms with Crippen LogP contribution >= 0.6 is 15.9 Å². The molecular formula is C17H18BrNO5S. The Hall–Kier alpha value is -2.06. The molecule has 0 saturated carbocycles. The molecule has 6 nitrogen and oxygen atoms in total. The number of esters is 1. The summed E-state index contributed by atoms with van der Waals surface area (Å²) in [6.45, 7) is 1.85. The van der Waals surface area contributed by atoms with Gasteiger partial charge in [-0.2, -0.15) is 0 Å². The number of hydrogen-bond acceptors (Lipinski definition) is 5. The fourth-order valence-electron chi connectivity index (χ4n) is 2.38. The highest BCUT2D eigenvalue weighted by atomic mass is 79.9.